The van der Waals surface area contributed by atoms with E-state index in [0.717, 1.165) is 11.5 Å². The van der Waals surface area contributed by atoms with Crippen molar-refractivity contribution < 1.29 is 4.74 Å². The van der Waals surface area contributed by atoms with Gasteiger partial charge in [0, 0.05) is 0 Å². The van der Waals surface area contributed by atoms with Gasteiger partial charge in [-0.3, -0.25) is 0 Å². The highest BCUT2D eigenvalue weighted by molar-refractivity contribution is 5.36. The summed E-state index contributed by atoms with van der Waals surface area (Å²) >= 11 is 0. The Balaban J connectivity index is 2.89. The minimum atomic E-state index is 0.792. The van der Waals surface area contributed by atoms with Gasteiger partial charge in [0.15, 0.2) is 0 Å². The van der Waals surface area contributed by atoms with E-state index in [1.165, 1.54) is 11.1 Å². The number of aryl methyl sites for hydroxylation is 2. The predicted octanol–water partition coefficient (Wildman–Crippen LogP) is 4.33. The summed E-state index contributed by atoms with van der Waals surface area (Å²) in [5.41, 5.74) is 2.50. The molecule has 1 nitrogen and oxygen atoms in total. The SMILES string of the molecule is C=C/C=C(\C=C/C)Oc1ccc(C)c(C)c1. The molecule has 0 heterocycles. The first-order chi connectivity index (χ1) is 7.67. The first-order valence-electron chi connectivity index (χ1n) is 5.38. The number of hydrogen-bond donors (Lipinski definition) is 0. The van der Waals surface area contributed by atoms with Crippen LogP contribution in [-0.4, -0.2) is 0 Å². The van der Waals surface area contributed by atoms with Crippen LogP contribution in [0.25, 0.3) is 0 Å². The van der Waals surface area contributed by atoms with Crippen LogP contribution in [0.1, 0.15) is 18.1 Å². The van der Waals surface area contributed by atoms with Crippen LogP contribution in [0.2, 0.25) is 0 Å². The van der Waals surface area contributed by atoms with Crippen molar-refractivity contribution in [1.29, 1.82) is 0 Å². The quantitative estimate of drug-likeness (QED) is 0.535. The van der Waals surface area contributed by atoms with Gasteiger partial charge < -0.3 is 4.74 Å². The van der Waals surface area contributed by atoms with Crippen LogP contribution < -0.4 is 4.74 Å². The molecule has 1 aromatic carbocycles. The molecule has 0 aliphatic carbocycles. The first-order valence-corrected chi connectivity index (χ1v) is 5.38. The number of ether oxygens (including phenoxy) is 1. The molecule has 0 atom stereocenters. The second-order valence-electron chi connectivity index (χ2n) is 3.65. The molecule has 0 saturated heterocycles. The average Bonchev–Trinajstić information content (AvgIpc) is 2.24. The zero-order valence-electron chi connectivity index (χ0n) is 10.2. The summed E-state index contributed by atoms with van der Waals surface area (Å²) in [6.07, 6.45) is 7.42. The fourth-order valence-electron chi connectivity index (χ4n) is 1.32. The van der Waals surface area contributed by atoms with Crippen molar-refractivity contribution in [1.82, 2.24) is 0 Å². The van der Waals surface area contributed by atoms with Crippen LogP contribution in [0, 0.1) is 13.8 Å². The number of hydrogen-bond acceptors (Lipinski definition) is 1. The van der Waals surface area contributed by atoms with Crippen molar-refractivity contribution in [3.05, 3.63) is 66.0 Å². The molecule has 84 valence electrons. The Morgan fingerprint density at radius 2 is 2.00 bits per heavy atom. The minimum absolute atomic E-state index is 0.792. The molecule has 16 heavy (non-hydrogen) atoms. The van der Waals surface area contributed by atoms with Crippen molar-refractivity contribution >= 4 is 0 Å². The molecular formula is C15H18O. The van der Waals surface area contributed by atoms with Crippen LogP contribution in [0.3, 0.4) is 0 Å². The van der Waals surface area contributed by atoms with Crippen molar-refractivity contribution in [2.24, 2.45) is 0 Å². The van der Waals surface area contributed by atoms with Gasteiger partial charge in [-0.15, -0.1) is 0 Å². The van der Waals surface area contributed by atoms with E-state index in [1.54, 1.807) is 6.08 Å². The van der Waals surface area contributed by atoms with Gasteiger partial charge in [-0.2, -0.15) is 0 Å². The summed E-state index contributed by atoms with van der Waals surface area (Å²) in [4.78, 5) is 0. The van der Waals surface area contributed by atoms with Crippen LogP contribution in [0.15, 0.2) is 54.8 Å². The molecule has 0 fully saturated rings. The third-order valence-corrected chi connectivity index (χ3v) is 2.33. The lowest BCUT2D eigenvalue weighted by Crippen LogP contribution is -1.93. The highest BCUT2D eigenvalue weighted by Gasteiger charge is 1.98. The molecule has 0 spiro atoms. The smallest absolute Gasteiger partial charge is 0.127 e. The van der Waals surface area contributed by atoms with E-state index < -0.39 is 0 Å². The molecular weight excluding hydrogens is 196 g/mol. The summed E-state index contributed by atoms with van der Waals surface area (Å²) < 4.78 is 5.73. The molecule has 1 heteroatoms. The second-order valence-corrected chi connectivity index (χ2v) is 3.65. The fourth-order valence-corrected chi connectivity index (χ4v) is 1.32. The largest absolute Gasteiger partial charge is 0.457 e. The Hall–Kier alpha value is -1.76. The molecule has 1 aromatic rings. The zero-order valence-corrected chi connectivity index (χ0v) is 10.2. The molecule has 0 radical (unpaired) electrons. The molecule has 0 aliphatic rings. The maximum atomic E-state index is 5.73. The first kappa shape index (κ1) is 12.3. The lowest BCUT2D eigenvalue weighted by atomic mass is 10.1. The third-order valence-electron chi connectivity index (χ3n) is 2.33. The Morgan fingerprint density at radius 3 is 2.56 bits per heavy atom. The van der Waals surface area contributed by atoms with Crippen molar-refractivity contribution in [3.8, 4) is 5.75 Å². The van der Waals surface area contributed by atoms with Gasteiger partial charge in [-0.05, 0) is 56.2 Å². The summed E-state index contributed by atoms with van der Waals surface area (Å²) in [6.45, 7) is 9.79. The third kappa shape index (κ3) is 3.43. The zero-order chi connectivity index (χ0) is 12.0. The van der Waals surface area contributed by atoms with E-state index in [1.807, 2.05) is 37.3 Å². The highest BCUT2D eigenvalue weighted by atomic mass is 16.5. The molecule has 0 unspecified atom stereocenters. The van der Waals surface area contributed by atoms with E-state index in [-0.39, 0.29) is 0 Å². The topological polar surface area (TPSA) is 9.23 Å². The molecule has 0 amide bonds. The predicted molar refractivity (Wildman–Crippen MR) is 69.6 cm³/mol. The normalized spacial score (nSPS) is 11.8. The standard InChI is InChI=1S/C15H18O/c1-5-7-14(8-6-2)16-15-10-9-12(3)13(4)11-15/h5-11H,1H2,2-4H3/b8-6-,14-7+. The maximum Gasteiger partial charge on any atom is 0.127 e. The Labute approximate surface area is 97.8 Å². The van der Waals surface area contributed by atoms with Gasteiger partial charge in [-0.1, -0.05) is 24.8 Å². The lowest BCUT2D eigenvalue weighted by molar-refractivity contribution is 0.444. The molecule has 1 rings (SSSR count). The average molecular weight is 214 g/mol. The molecule has 0 saturated carbocycles. The minimum Gasteiger partial charge on any atom is -0.457 e. The van der Waals surface area contributed by atoms with Crippen LogP contribution >= 0.6 is 0 Å². The van der Waals surface area contributed by atoms with Crippen molar-refractivity contribution in [2.75, 3.05) is 0 Å². The molecule has 0 aliphatic heterocycles. The van der Waals surface area contributed by atoms with Crippen LogP contribution in [0.5, 0.6) is 5.75 Å². The Bertz CT molecular complexity index is 425. The summed E-state index contributed by atoms with van der Waals surface area (Å²) in [7, 11) is 0. The monoisotopic (exact) mass is 214 g/mol. The number of benzene rings is 1. The molecule has 0 N–H and O–H groups in total. The van der Waals surface area contributed by atoms with Crippen LogP contribution in [0.4, 0.5) is 0 Å². The number of rotatable bonds is 4. The van der Waals surface area contributed by atoms with Gasteiger partial charge in [-0.25, -0.2) is 0 Å². The molecule has 0 aromatic heterocycles. The summed E-state index contributed by atoms with van der Waals surface area (Å²) in [6, 6.07) is 6.07. The lowest BCUT2D eigenvalue weighted by Gasteiger charge is -2.08. The summed E-state index contributed by atoms with van der Waals surface area (Å²) in [5.74, 6) is 1.65. The fraction of sp³-hybridized carbons (Fsp3) is 0.200. The van der Waals surface area contributed by atoms with E-state index in [0.29, 0.717) is 0 Å². The van der Waals surface area contributed by atoms with E-state index in [2.05, 4.69) is 26.5 Å². The van der Waals surface area contributed by atoms with Gasteiger partial charge in [0.2, 0.25) is 0 Å². The van der Waals surface area contributed by atoms with Crippen LogP contribution in [-0.2, 0) is 0 Å². The van der Waals surface area contributed by atoms with E-state index in [9.17, 15) is 0 Å². The van der Waals surface area contributed by atoms with E-state index >= 15 is 0 Å². The van der Waals surface area contributed by atoms with Gasteiger partial charge >= 0.3 is 0 Å². The van der Waals surface area contributed by atoms with Gasteiger partial charge in [0.05, 0.1) is 0 Å². The highest BCUT2D eigenvalue weighted by Crippen LogP contribution is 2.19. The number of allylic oxidation sites excluding steroid dienone is 4. The Kier molecular flexibility index (Phi) is 4.59. The van der Waals surface area contributed by atoms with Gasteiger partial charge in [0.25, 0.3) is 0 Å². The van der Waals surface area contributed by atoms with Crippen molar-refractivity contribution in [2.45, 2.75) is 20.8 Å². The van der Waals surface area contributed by atoms with E-state index in [4.69, 9.17) is 4.74 Å². The maximum absolute atomic E-state index is 5.73. The Morgan fingerprint density at radius 1 is 1.25 bits per heavy atom. The van der Waals surface area contributed by atoms with Gasteiger partial charge in [0.1, 0.15) is 11.5 Å². The summed E-state index contributed by atoms with van der Waals surface area (Å²) in [5, 5.41) is 0. The second kappa shape index (κ2) is 5.96. The molecule has 0 bridgehead atoms. The van der Waals surface area contributed by atoms with Crippen molar-refractivity contribution in [3.63, 3.8) is 0 Å².